The Morgan fingerprint density at radius 2 is 0.678 bits per heavy atom. The van der Waals surface area contributed by atoms with Crippen molar-refractivity contribution in [1.29, 1.82) is 0 Å². The molecule has 3 aliphatic carbocycles. The van der Waals surface area contributed by atoms with Gasteiger partial charge in [-0.15, -0.1) is 0 Å². The second kappa shape index (κ2) is 30.8. The molecule has 3 fully saturated rings. The first-order valence-electron chi connectivity index (χ1n) is 33.7. The van der Waals surface area contributed by atoms with Crippen LogP contribution in [0.2, 0.25) is 0 Å². The number of aryl methyl sites for hydroxylation is 7. The van der Waals surface area contributed by atoms with Crippen LogP contribution in [0, 0.1) is 53.3 Å². The predicted octanol–water partition coefficient (Wildman–Crippen LogP) is 17.4. The van der Waals surface area contributed by atoms with Gasteiger partial charge in [0.15, 0.2) is 0 Å². The average Bonchev–Trinajstić information content (AvgIpc) is 2.21. The summed E-state index contributed by atoms with van der Waals surface area (Å²) in [7, 11) is 0. The van der Waals surface area contributed by atoms with Gasteiger partial charge in [0.05, 0.1) is 32.5 Å². The molecule has 12 heteroatoms. The highest BCUT2D eigenvalue weighted by atomic mass is 16.4. The summed E-state index contributed by atoms with van der Waals surface area (Å²) < 4.78 is 0. The van der Waals surface area contributed by atoms with Crippen molar-refractivity contribution in [3.8, 4) is 0 Å². The van der Waals surface area contributed by atoms with E-state index in [1.54, 1.807) is 41.5 Å². The minimum Gasteiger partial charge on any atom is -0.481 e. The van der Waals surface area contributed by atoms with Crippen molar-refractivity contribution in [3.05, 3.63) is 103 Å². The van der Waals surface area contributed by atoms with E-state index in [0.717, 1.165) is 193 Å². The molecule has 0 spiro atoms. The monoisotopic (exact) mass is 1200 g/mol. The van der Waals surface area contributed by atoms with E-state index in [-0.39, 0.29) is 0 Å². The van der Waals surface area contributed by atoms with Crippen LogP contribution in [0.15, 0.2) is 30.3 Å². The number of hydrogen-bond acceptors (Lipinski definition) is 6. The Kier molecular flexibility index (Phi) is 25.0. The van der Waals surface area contributed by atoms with E-state index in [1.807, 2.05) is 0 Å². The summed E-state index contributed by atoms with van der Waals surface area (Å²) in [5.41, 5.74) is 12.9. The van der Waals surface area contributed by atoms with Gasteiger partial charge in [-0.1, -0.05) is 88.1 Å². The molecule has 3 aliphatic rings. The molecule has 0 aromatic heterocycles. The molecule has 0 aliphatic heterocycles. The van der Waals surface area contributed by atoms with Crippen molar-refractivity contribution >= 4 is 35.8 Å². The zero-order chi connectivity index (χ0) is 64.0. The topological polar surface area (TPSA) is 224 Å². The van der Waals surface area contributed by atoms with Crippen molar-refractivity contribution in [1.82, 2.24) is 0 Å². The van der Waals surface area contributed by atoms with Gasteiger partial charge in [-0.3, -0.25) is 28.8 Å². The number of unbranched alkanes of at least 4 members (excludes halogenated alkanes) is 9. The van der Waals surface area contributed by atoms with E-state index in [9.17, 15) is 59.4 Å². The number of carboxylic acids is 6. The van der Waals surface area contributed by atoms with Crippen LogP contribution in [0.5, 0.6) is 0 Å². The lowest BCUT2D eigenvalue weighted by atomic mass is 9.81. The van der Waals surface area contributed by atoms with E-state index in [2.05, 4.69) is 51.1 Å². The standard InChI is InChI=1S/C75H110O12/c1-51-47-56(27-14-11-20-36-71(6,7)65(78)79)53(3)63(61(51)30-18-24-40-75(45-46-75)69(86)87)50-60-49-57(29-17-23-39-74(43-44-74)68(84)85)59(48-58(60)28-15-12-21-37-72(8,9)66(80)81)33-34-62-52(2)54(25-16-22-38-73(41-42-73)67(82)83)31-32-55(62)26-13-10-19-35-70(4,5)64(76)77/h31-32,47-49H,10-30,33-46,50H2,1-9H3,(H,76,77)(H,78,79)(H,80,81)(H,82,83)(H,84,85)(H,86,87). The first kappa shape index (κ1) is 70.6. The Morgan fingerprint density at radius 1 is 0.345 bits per heavy atom. The second-order valence-electron chi connectivity index (χ2n) is 29.6. The van der Waals surface area contributed by atoms with E-state index < -0.39 is 68.3 Å². The number of aliphatic carboxylic acids is 6. The lowest BCUT2D eigenvalue weighted by Crippen LogP contribution is -2.23. The molecule has 0 unspecified atom stereocenters. The van der Waals surface area contributed by atoms with E-state index >= 15 is 0 Å². The van der Waals surface area contributed by atoms with E-state index in [1.165, 1.54) is 72.3 Å². The molecular weight excluding hydrogens is 1090 g/mol. The fraction of sp³-hybridized carbons (Fsp3) is 0.680. The van der Waals surface area contributed by atoms with Crippen LogP contribution >= 0.6 is 0 Å². The lowest BCUT2D eigenvalue weighted by molar-refractivity contribution is -0.148. The van der Waals surface area contributed by atoms with E-state index in [4.69, 9.17) is 0 Å². The third-order valence-corrected chi connectivity index (χ3v) is 21.4. The highest BCUT2D eigenvalue weighted by Crippen LogP contribution is 2.52. The van der Waals surface area contributed by atoms with Gasteiger partial charge in [0, 0.05) is 0 Å². The Morgan fingerprint density at radius 3 is 1.09 bits per heavy atom. The zero-order valence-electron chi connectivity index (χ0n) is 55.0. The number of hydrogen-bond donors (Lipinski definition) is 6. The smallest absolute Gasteiger partial charge is 0.309 e. The van der Waals surface area contributed by atoms with Crippen LogP contribution in [0.25, 0.3) is 0 Å². The van der Waals surface area contributed by atoms with Crippen molar-refractivity contribution in [2.75, 3.05) is 0 Å². The third-order valence-electron chi connectivity index (χ3n) is 21.4. The minimum absolute atomic E-state index is 0.540. The summed E-state index contributed by atoms with van der Waals surface area (Å²) in [6.45, 7) is 17.5. The Bertz CT molecular complexity index is 2890. The molecule has 6 rings (SSSR count). The van der Waals surface area contributed by atoms with Crippen LogP contribution < -0.4 is 0 Å². The van der Waals surface area contributed by atoms with Gasteiger partial charge in [-0.2, -0.15) is 0 Å². The summed E-state index contributed by atoms with van der Waals surface area (Å²) in [6.07, 6.45) is 29.0. The van der Waals surface area contributed by atoms with Crippen LogP contribution in [-0.2, 0) is 86.6 Å². The summed E-state index contributed by atoms with van der Waals surface area (Å²) >= 11 is 0. The molecule has 3 aromatic carbocycles. The van der Waals surface area contributed by atoms with Crippen molar-refractivity contribution < 1.29 is 59.4 Å². The highest BCUT2D eigenvalue weighted by molar-refractivity contribution is 5.79. The van der Waals surface area contributed by atoms with Gasteiger partial charge < -0.3 is 30.6 Å². The van der Waals surface area contributed by atoms with Crippen molar-refractivity contribution in [2.24, 2.45) is 32.5 Å². The van der Waals surface area contributed by atoms with Crippen LogP contribution in [0.4, 0.5) is 0 Å². The van der Waals surface area contributed by atoms with Crippen LogP contribution in [0.1, 0.15) is 287 Å². The third kappa shape index (κ3) is 19.7. The lowest BCUT2D eigenvalue weighted by Gasteiger charge is -2.24. The fourth-order valence-corrected chi connectivity index (χ4v) is 13.8. The Labute approximate surface area is 521 Å². The second-order valence-corrected chi connectivity index (χ2v) is 29.6. The first-order chi connectivity index (χ1) is 41.0. The maximum Gasteiger partial charge on any atom is 0.309 e. The number of carbonyl (C=O) groups is 6. The molecule has 87 heavy (non-hydrogen) atoms. The maximum atomic E-state index is 12.4. The van der Waals surface area contributed by atoms with Crippen molar-refractivity contribution in [3.63, 3.8) is 0 Å². The van der Waals surface area contributed by atoms with Gasteiger partial charge in [0.25, 0.3) is 0 Å². The van der Waals surface area contributed by atoms with Gasteiger partial charge in [-0.25, -0.2) is 0 Å². The maximum absolute atomic E-state index is 12.4. The average molecular weight is 1200 g/mol. The number of rotatable bonds is 44. The normalized spacial score (nSPS) is 15.7. The van der Waals surface area contributed by atoms with Gasteiger partial charge in [0.1, 0.15) is 0 Å². The molecule has 6 N–H and O–H groups in total. The van der Waals surface area contributed by atoms with Crippen LogP contribution in [0.3, 0.4) is 0 Å². The van der Waals surface area contributed by atoms with Crippen LogP contribution in [-0.4, -0.2) is 66.5 Å². The largest absolute Gasteiger partial charge is 0.481 e. The first-order valence-corrected chi connectivity index (χ1v) is 33.7. The molecule has 12 nitrogen and oxygen atoms in total. The molecule has 482 valence electrons. The molecule has 0 radical (unpaired) electrons. The van der Waals surface area contributed by atoms with Gasteiger partial charge >= 0.3 is 35.8 Å². The SMILES string of the molecule is Cc1cc(CCCCCC(C)(C)C(=O)O)c(C)c(Cc2cc(CCCCC3(C(=O)O)CC3)c(CCc3c(CCCCCC(C)(C)C(=O)O)ccc(CCCCC4(C(=O)O)CC4)c3C)cc2CCCCCC(C)(C)C(=O)O)c1CCCCC1(C(=O)O)CC1. The Hall–Kier alpha value is -5.52. The van der Waals surface area contributed by atoms with Gasteiger partial charge in [-0.05, 0) is 308 Å². The Balaban J connectivity index is 1.38. The number of carboxylic acid groups (broad SMARTS) is 6. The van der Waals surface area contributed by atoms with E-state index in [0.29, 0.717) is 38.5 Å². The molecule has 3 aromatic rings. The van der Waals surface area contributed by atoms with Gasteiger partial charge in [0.2, 0.25) is 0 Å². The molecule has 0 heterocycles. The molecule has 0 saturated heterocycles. The summed E-state index contributed by atoms with van der Waals surface area (Å²) in [5.74, 6) is -4.37. The summed E-state index contributed by atoms with van der Waals surface area (Å²) in [6, 6.07) is 11.9. The fourth-order valence-electron chi connectivity index (χ4n) is 13.8. The number of benzene rings is 3. The molecule has 0 atom stereocenters. The van der Waals surface area contributed by atoms with Crippen molar-refractivity contribution in [2.45, 2.75) is 293 Å². The molecule has 0 amide bonds. The minimum atomic E-state index is -0.812. The molecule has 0 bridgehead atoms. The predicted molar refractivity (Wildman–Crippen MR) is 345 cm³/mol. The molecular formula is C75H110O12. The quantitative estimate of drug-likeness (QED) is 0.0291. The summed E-state index contributed by atoms with van der Waals surface area (Å²) in [4.78, 5) is 72.6. The molecule has 3 saturated carbocycles. The summed E-state index contributed by atoms with van der Waals surface area (Å²) in [5, 5.41) is 59.6. The zero-order valence-corrected chi connectivity index (χ0v) is 55.0. The highest BCUT2D eigenvalue weighted by Gasteiger charge is 2.51.